The molecule has 3 rings (SSSR count). The SMILES string of the molecule is CC1(C(=O)O)CCN(CN2C(=O)c3ccccc3C2=O)C1. The molecule has 0 saturated carbocycles. The second-order valence-electron chi connectivity index (χ2n) is 5.89. The molecule has 0 aliphatic carbocycles. The Morgan fingerprint density at radius 1 is 1.24 bits per heavy atom. The Morgan fingerprint density at radius 3 is 2.29 bits per heavy atom. The smallest absolute Gasteiger partial charge is 0.310 e. The van der Waals surface area contributed by atoms with Gasteiger partial charge in [0.25, 0.3) is 11.8 Å². The van der Waals surface area contributed by atoms with Crippen molar-refractivity contribution in [3.63, 3.8) is 0 Å². The first kappa shape index (κ1) is 13.8. The number of carbonyl (C=O) groups excluding carboxylic acids is 2. The van der Waals surface area contributed by atoms with Gasteiger partial charge in [-0.05, 0) is 25.5 Å². The highest BCUT2D eigenvalue weighted by Crippen LogP contribution is 2.31. The van der Waals surface area contributed by atoms with Gasteiger partial charge in [-0.2, -0.15) is 0 Å². The summed E-state index contributed by atoms with van der Waals surface area (Å²) in [4.78, 5) is 38.8. The monoisotopic (exact) mass is 288 g/mol. The lowest BCUT2D eigenvalue weighted by Gasteiger charge is -2.24. The van der Waals surface area contributed by atoms with Crippen molar-refractivity contribution in [1.29, 1.82) is 0 Å². The van der Waals surface area contributed by atoms with Crippen molar-refractivity contribution >= 4 is 17.8 Å². The van der Waals surface area contributed by atoms with E-state index in [4.69, 9.17) is 0 Å². The van der Waals surface area contributed by atoms with Crippen molar-refractivity contribution in [2.24, 2.45) is 5.41 Å². The van der Waals surface area contributed by atoms with E-state index >= 15 is 0 Å². The summed E-state index contributed by atoms with van der Waals surface area (Å²) in [6.07, 6.45) is 0.519. The molecule has 0 spiro atoms. The lowest BCUT2D eigenvalue weighted by Crippen LogP contribution is -2.41. The van der Waals surface area contributed by atoms with E-state index in [0.29, 0.717) is 30.6 Å². The number of rotatable bonds is 3. The van der Waals surface area contributed by atoms with Crippen molar-refractivity contribution < 1.29 is 19.5 Å². The third-order valence-electron chi connectivity index (χ3n) is 4.29. The molecular weight excluding hydrogens is 272 g/mol. The van der Waals surface area contributed by atoms with E-state index in [9.17, 15) is 19.5 Å². The predicted molar refractivity (Wildman–Crippen MR) is 73.7 cm³/mol. The number of hydrogen-bond donors (Lipinski definition) is 1. The van der Waals surface area contributed by atoms with Crippen molar-refractivity contribution in [2.75, 3.05) is 19.8 Å². The molecule has 0 bridgehead atoms. The maximum Gasteiger partial charge on any atom is 0.310 e. The normalized spacial score (nSPS) is 25.5. The van der Waals surface area contributed by atoms with Crippen LogP contribution in [0.3, 0.4) is 0 Å². The lowest BCUT2D eigenvalue weighted by atomic mass is 9.90. The number of carboxylic acid groups (broad SMARTS) is 1. The molecule has 1 fully saturated rings. The molecule has 6 heteroatoms. The summed E-state index contributed by atoms with van der Waals surface area (Å²) >= 11 is 0. The first-order valence-corrected chi connectivity index (χ1v) is 6.83. The first-order chi connectivity index (χ1) is 9.92. The standard InChI is InChI=1S/C15H16N2O4/c1-15(14(20)21)6-7-16(8-15)9-17-12(18)10-4-2-3-5-11(10)13(17)19/h2-5H,6-9H2,1H3,(H,20,21). The predicted octanol–water partition coefficient (Wildman–Crippen LogP) is 1.04. The molecule has 0 aromatic heterocycles. The number of nitrogens with zero attached hydrogens (tertiary/aromatic N) is 2. The van der Waals surface area contributed by atoms with Gasteiger partial charge in [-0.25, -0.2) is 0 Å². The fourth-order valence-electron chi connectivity index (χ4n) is 2.92. The minimum Gasteiger partial charge on any atom is -0.481 e. The molecule has 0 radical (unpaired) electrons. The zero-order chi connectivity index (χ0) is 15.2. The van der Waals surface area contributed by atoms with Gasteiger partial charge in [0.05, 0.1) is 23.2 Å². The molecule has 21 heavy (non-hydrogen) atoms. The van der Waals surface area contributed by atoms with Crippen LogP contribution in [0.2, 0.25) is 0 Å². The fraction of sp³-hybridized carbons (Fsp3) is 0.400. The second-order valence-corrected chi connectivity index (χ2v) is 5.89. The van der Waals surface area contributed by atoms with Crippen LogP contribution in [-0.4, -0.2) is 52.4 Å². The number of likely N-dealkylation sites (tertiary alicyclic amines) is 1. The van der Waals surface area contributed by atoms with E-state index in [0.717, 1.165) is 0 Å². The zero-order valence-electron chi connectivity index (χ0n) is 11.7. The van der Waals surface area contributed by atoms with Gasteiger partial charge >= 0.3 is 5.97 Å². The number of carbonyl (C=O) groups is 3. The summed E-state index contributed by atoms with van der Waals surface area (Å²) in [5.74, 6) is -1.45. The molecule has 1 aromatic carbocycles. The van der Waals surface area contributed by atoms with Crippen molar-refractivity contribution in [2.45, 2.75) is 13.3 Å². The summed E-state index contributed by atoms with van der Waals surface area (Å²) in [6.45, 7) is 2.75. The number of fused-ring (bicyclic) bond motifs is 1. The molecule has 2 aliphatic rings. The van der Waals surface area contributed by atoms with Gasteiger partial charge in [-0.1, -0.05) is 12.1 Å². The van der Waals surface area contributed by atoms with Crippen LogP contribution in [0.15, 0.2) is 24.3 Å². The summed E-state index contributed by atoms with van der Waals surface area (Å²) in [6, 6.07) is 6.73. The van der Waals surface area contributed by atoms with E-state index in [-0.39, 0.29) is 18.5 Å². The van der Waals surface area contributed by atoms with Crippen LogP contribution < -0.4 is 0 Å². The molecule has 110 valence electrons. The summed E-state index contributed by atoms with van der Waals surface area (Å²) in [5, 5.41) is 9.22. The van der Waals surface area contributed by atoms with E-state index in [1.807, 2.05) is 4.90 Å². The van der Waals surface area contributed by atoms with Crippen molar-refractivity contribution in [1.82, 2.24) is 9.80 Å². The Bertz CT molecular complexity index is 607. The number of amides is 2. The Balaban J connectivity index is 1.75. The van der Waals surface area contributed by atoms with Crippen LogP contribution in [-0.2, 0) is 4.79 Å². The fourth-order valence-corrected chi connectivity index (χ4v) is 2.92. The molecule has 6 nitrogen and oxygen atoms in total. The van der Waals surface area contributed by atoms with Crippen LogP contribution >= 0.6 is 0 Å². The molecule has 1 N–H and O–H groups in total. The van der Waals surface area contributed by atoms with E-state index in [2.05, 4.69) is 0 Å². The summed E-state index contributed by atoms with van der Waals surface area (Å²) in [7, 11) is 0. The van der Waals surface area contributed by atoms with Gasteiger partial charge in [0.1, 0.15) is 0 Å². The third-order valence-corrected chi connectivity index (χ3v) is 4.29. The van der Waals surface area contributed by atoms with Gasteiger partial charge in [0, 0.05) is 13.1 Å². The van der Waals surface area contributed by atoms with Crippen LogP contribution in [0.4, 0.5) is 0 Å². The molecule has 1 saturated heterocycles. The maximum atomic E-state index is 12.3. The number of hydrogen-bond acceptors (Lipinski definition) is 4. The van der Waals surface area contributed by atoms with Gasteiger partial charge in [0.15, 0.2) is 0 Å². The summed E-state index contributed by atoms with van der Waals surface area (Å²) in [5.41, 5.74) is 0.0314. The van der Waals surface area contributed by atoms with Crippen LogP contribution in [0.25, 0.3) is 0 Å². The highest BCUT2D eigenvalue weighted by molar-refractivity contribution is 6.21. The van der Waals surface area contributed by atoms with Crippen molar-refractivity contribution in [3.05, 3.63) is 35.4 Å². The van der Waals surface area contributed by atoms with Crippen LogP contribution in [0, 0.1) is 5.41 Å². The van der Waals surface area contributed by atoms with E-state index < -0.39 is 11.4 Å². The van der Waals surface area contributed by atoms with E-state index in [1.165, 1.54) is 4.90 Å². The number of imide groups is 1. The second kappa shape index (κ2) is 4.66. The van der Waals surface area contributed by atoms with E-state index in [1.54, 1.807) is 31.2 Å². The number of aliphatic carboxylic acids is 1. The Labute approximate surface area is 122 Å². The molecule has 1 atom stereocenters. The van der Waals surface area contributed by atoms with Gasteiger partial charge in [-0.15, -0.1) is 0 Å². The van der Waals surface area contributed by atoms with Crippen LogP contribution in [0.1, 0.15) is 34.1 Å². The molecule has 2 heterocycles. The van der Waals surface area contributed by atoms with Crippen molar-refractivity contribution in [3.8, 4) is 0 Å². The molecular formula is C15H16N2O4. The Kier molecular flexibility index (Phi) is 3.06. The number of benzene rings is 1. The minimum atomic E-state index is -0.840. The largest absolute Gasteiger partial charge is 0.481 e. The molecule has 2 aliphatic heterocycles. The number of carboxylic acids is 1. The Morgan fingerprint density at radius 2 is 1.81 bits per heavy atom. The first-order valence-electron chi connectivity index (χ1n) is 6.83. The molecule has 1 unspecified atom stereocenters. The average Bonchev–Trinajstić information content (AvgIpc) is 2.95. The zero-order valence-corrected chi connectivity index (χ0v) is 11.7. The molecule has 1 aromatic rings. The topological polar surface area (TPSA) is 77.9 Å². The lowest BCUT2D eigenvalue weighted by molar-refractivity contribution is -0.147. The highest BCUT2D eigenvalue weighted by atomic mass is 16.4. The highest BCUT2D eigenvalue weighted by Gasteiger charge is 2.43. The third kappa shape index (κ3) is 2.12. The minimum absolute atomic E-state index is 0.148. The quantitative estimate of drug-likeness (QED) is 0.841. The van der Waals surface area contributed by atoms with Gasteiger partial charge in [-0.3, -0.25) is 24.2 Å². The summed E-state index contributed by atoms with van der Waals surface area (Å²) < 4.78 is 0. The Hall–Kier alpha value is -2.21. The molecule has 2 amide bonds. The maximum absolute atomic E-state index is 12.3. The van der Waals surface area contributed by atoms with Crippen LogP contribution in [0.5, 0.6) is 0 Å². The van der Waals surface area contributed by atoms with Gasteiger partial charge in [0.2, 0.25) is 0 Å². The average molecular weight is 288 g/mol. The van der Waals surface area contributed by atoms with Gasteiger partial charge < -0.3 is 5.11 Å².